The molecule has 6 heteroatoms. The molecule has 0 spiro atoms. The molecule has 0 saturated heterocycles. The van der Waals surface area contributed by atoms with Crippen LogP contribution in [0.3, 0.4) is 0 Å². The Morgan fingerprint density at radius 1 is 1.22 bits per heavy atom. The Balaban J connectivity index is 1.56. The van der Waals surface area contributed by atoms with E-state index in [0.29, 0.717) is 6.04 Å². The van der Waals surface area contributed by atoms with Crippen LogP contribution in [-0.2, 0) is 13.0 Å². The van der Waals surface area contributed by atoms with Gasteiger partial charge in [-0.25, -0.2) is 14.6 Å². The van der Waals surface area contributed by atoms with E-state index >= 15 is 0 Å². The third-order valence-electron chi connectivity index (χ3n) is 4.22. The lowest BCUT2D eigenvalue weighted by molar-refractivity contribution is 0.415. The predicted molar refractivity (Wildman–Crippen MR) is 88.8 cm³/mol. The van der Waals surface area contributed by atoms with Crippen LogP contribution in [0.5, 0.6) is 5.75 Å². The molecule has 6 nitrogen and oxygen atoms in total. The number of aromatic nitrogens is 4. The van der Waals surface area contributed by atoms with Gasteiger partial charge in [0, 0.05) is 23.9 Å². The van der Waals surface area contributed by atoms with Crippen molar-refractivity contribution in [3.8, 4) is 5.75 Å². The average Bonchev–Trinajstić information content (AvgIpc) is 2.93. The third kappa shape index (κ3) is 2.72. The summed E-state index contributed by atoms with van der Waals surface area (Å²) in [6.07, 6.45) is 1.98. The van der Waals surface area contributed by atoms with Crippen molar-refractivity contribution in [1.82, 2.24) is 19.7 Å². The molecule has 1 N–H and O–H groups in total. The zero-order valence-electron chi connectivity index (χ0n) is 13.3. The highest BCUT2D eigenvalue weighted by molar-refractivity contribution is 5.81. The highest BCUT2D eigenvalue weighted by Crippen LogP contribution is 2.22. The maximum absolute atomic E-state index is 5.27. The molecule has 0 amide bonds. The first-order chi connectivity index (χ1) is 11.2. The Labute approximate surface area is 134 Å². The predicted octanol–water partition coefficient (Wildman–Crippen LogP) is 2.57. The van der Waals surface area contributed by atoms with E-state index in [1.807, 2.05) is 35.9 Å². The second-order valence-electron chi connectivity index (χ2n) is 5.89. The van der Waals surface area contributed by atoms with E-state index < -0.39 is 0 Å². The molecule has 4 rings (SSSR count). The normalized spacial score (nSPS) is 17.0. The summed E-state index contributed by atoms with van der Waals surface area (Å²) in [6, 6.07) is 10.4. The second kappa shape index (κ2) is 5.53. The summed E-state index contributed by atoms with van der Waals surface area (Å²) in [4.78, 5) is 9.15. The third-order valence-corrected chi connectivity index (χ3v) is 4.22. The number of fused-ring (bicyclic) bond motifs is 2. The number of benzene rings is 1. The molecule has 0 saturated carbocycles. The van der Waals surface area contributed by atoms with E-state index in [4.69, 9.17) is 9.72 Å². The Kier molecular flexibility index (Phi) is 3.37. The molecule has 0 aliphatic carbocycles. The van der Waals surface area contributed by atoms with Crippen LogP contribution in [0.25, 0.3) is 10.9 Å². The van der Waals surface area contributed by atoms with Gasteiger partial charge >= 0.3 is 0 Å². The van der Waals surface area contributed by atoms with Gasteiger partial charge < -0.3 is 10.1 Å². The molecule has 0 bridgehead atoms. The Bertz CT molecular complexity index is 857. The summed E-state index contributed by atoms with van der Waals surface area (Å²) in [5.41, 5.74) is 0.933. The minimum Gasteiger partial charge on any atom is -0.497 e. The van der Waals surface area contributed by atoms with Crippen LogP contribution in [-0.4, -0.2) is 32.9 Å². The molecule has 1 aliphatic rings. The average molecular weight is 309 g/mol. The molecule has 118 valence electrons. The number of methoxy groups -OCH3 is 1. The zero-order chi connectivity index (χ0) is 15.8. The van der Waals surface area contributed by atoms with Gasteiger partial charge in [0.1, 0.15) is 23.2 Å². The van der Waals surface area contributed by atoms with Gasteiger partial charge in [-0.15, -0.1) is 0 Å². The van der Waals surface area contributed by atoms with Gasteiger partial charge in [-0.1, -0.05) is 0 Å². The maximum Gasteiger partial charge on any atom is 0.147 e. The van der Waals surface area contributed by atoms with Gasteiger partial charge in [0.15, 0.2) is 0 Å². The Morgan fingerprint density at radius 3 is 2.96 bits per heavy atom. The van der Waals surface area contributed by atoms with E-state index in [1.165, 1.54) is 0 Å². The minimum absolute atomic E-state index is 0.319. The van der Waals surface area contributed by atoms with Crippen molar-refractivity contribution < 1.29 is 4.74 Å². The summed E-state index contributed by atoms with van der Waals surface area (Å²) in [5.74, 6) is 3.63. The fourth-order valence-corrected chi connectivity index (χ4v) is 3.07. The highest BCUT2D eigenvalue weighted by Gasteiger charge is 2.21. The molecule has 1 atom stereocenters. The molecule has 3 heterocycles. The number of nitrogens with one attached hydrogen (secondary N) is 1. The van der Waals surface area contributed by atoms with Gasteiger partial charge in [-0.3, -0.25) is 0 Å². The first-order valence-corrected chi connectivity index (χ1v) is 7.83. The molecule has 0 fully saturated rings. The number of rotatable bonds is 3. The van der Waals surface area contributed by atoms with Gasteiger partial charge in [0.25, 0.3) is 0 Å². The summed E-state index contributed by atoms with van der Waals surface area (Å²) in [7, 11) is 1.67. The van der Waals surface area contributed by atoms with Gasteiger partial charge in [0.2, 0.25) is 0 Å². The number of hydrogen-bond acceptors (Lipinski definition) is 5. The van der Waals surface area contributed by atoms with Crippen molar-refractivity contribution in [3.63, 3.8) is 0 Å². The molecule has 1 unspecified atom stereocenters. The maximum atomic E-state index is 5.27. The number of ether oxygens (including phenoxy) is 1. The lowest BCUT2D eigenvalue weighted by Crippen LogP contribution is -2.32. The lowest BCUT2D eigenvalue weighted by atomic mass is 10.1. The summed E-state index contributed by atoms with van der Waals surface area (Å²) < 4.78 is 7.28. The molecule has 0 radical (unpaired) electrons. The fourth-order valence-electron chi connectivity index (χ4n) is 3.07. The summed E-state index contributed by atoms with van der Waals surface area (Å²) in [6.45, 7) is 2.76. The molecular formula is C17H19N5O. The number of aryl methyl sites for hydroxylation is 2. The molecular weight excluding hydrogens is 290 g/mol. The van der Waals surface area contributed by atoms with Gasteiger partial charge in [0.05, 0.1) is 19.2 Å². The number of nitrogens with zero attached hydrogens (tertiary/aromatic N) is 4. The van der Waals surface area contributed by atoms with Crippen molar-refractivity contribution in [3.05, 3.63) is 42.0 Å². The van der Waals surface area contributed by atoms with E-state index in [-0.39, 0.29) is 0 Å². The van der Waals surface area contributed by atoms with Crippen molar-refractivity contribution in [2.75, 3.05) is 12.4 Å². The van der Waals surface area contributed by atoms with E-state index in [0.717, 1.165) is 53.5 Å². The van der Waals surface area contributed by atoms with Crippen molar-refractivity contribution in [2.45, 2.75) is 32.4 Å². The van der Waals surface area contributed by atoms with Gasteiger partial charge in [-0.05, 0) is 37.6 Å². The first-order valence-electron chi connectivity index (χ1n) is 7.83. The Hall–Kier alpha value is -2.63. The molecule has 1 aromatic carbocycles. The van der Waals surface area contributed by atoms with E-state index in [9.17, 15) is 0 Å². The molecule has 3 aromatic rings. The first kappa shape index (κ1) is 14.0. The second-order valence-corrected chi connectivity index (χ2v) is 5.89. The van der Waals surface area contributed by atoms with E-state index in [1.54, 1.807) is 7.11 Å². The van der Waals surface area contributed by atoms with Crippen LogP contribution in [0.1, 0.15) is 18.1 Å². The van der Waals surface area contributed by atoms with Crippen LogP contribution >= 0.6 is 0 Å². The summed E-state index contributed by atoms with van der Waals surface area (Å²) in [5, 5.41) is 9.07. The quantitative estimate of drug-likeness (QED) is 0.805. The van der Waals surface area contributed by atoms with Crippen LogP contribution in [0.2, 0.25) is 0 Å². The smallest absolute Gasteiger partial charge is 0.147 e. The topological polar surface area (TPSA) is 64.9 Å². The van der Waals surface area contributed by atoms with Crippen molar-refractivity contribution in [1.29, 1.82) is 0 Å². The standard InChI is InChI=1S/C17H19N5O/c1-11-18-17-8-5-13(10-22(17)21-11)19-16-7-4-12-3-6-14(23-2)9-15(12)20-16/h3-4,6-7,9,13H,5,8,10H2,1-2H3,(H,19,20). The van der Waals surface area contributed by atoms with Crippen molar-refractivity contribution >= 4 is 16.7 Å². The molecule has 2 aromatic heterocycles. The van der Waals surface area contributed by atoms with E-state index in [2.05, 4.69) is 21.5 Å². The van der Waals surface area contributed by atoms with Crippen LogP contribution in [0.15, 0.2) is 30.3 Å². The van der Waals surface area contributed by atoms with Crippen LogP contribution < -0.4 is 10.1 Å². The highest BCUT2D eigenvalue weighted by atomic mass is 16.5. The molecule has 1 aliphatic heterocycles. The summed E-state index contributed by atoms with van der Waals surface area (Å²) >= 11 is 0. The lowest BCUT2D eigenvalue weighted by Gasteiger charge is -2.24. The monoisotopic (exact) mass is 309 g/mol. The van der Waals surface area contributed by atoms with Crippen LogP contribution in [0.4, 0.5) is 5.82 Å². The number of anilines is 1. The zero-order valence-corrected chi connectivity index (χ0v) is 13.3. The van der Waals surface area contributed by atoms with Crippen LogP contribution in [0, 0.1) is 6.92 Å². The largest absolute Gasteiger partial charge is 0.497 e. The SMILES string of the molecule is COc1ccc2ccc(NC3CCc4nc(C)nn4C3)nc2c1. The van der Waals surface area contributed by atoms with Crippen molar-refractivity contribution in [2.24, 2.45) is 0 Å². The fraction of sp³-hybridized carbons (Fsp3) is 0.353. The number of hydrogen-bond donors (Lipinski definition) is 1. The Morgan fingerprint density at radius 2 is 2.09 bits per heavy atom. The minimum atomic E-state index is 0.319. The molecule has 23 heavy (non-hydrogen) atoms. The number of pyridine rings is 1. The van der Waals surface area contributed by atoms with Gasteiger partial charge in [-0.2, -0.15) is 5.10 Å².